The Morgan fingerprint density at radius 2 is 2.13 bits per heavy atom. The molecule has 0 radical (unpaired) electrons. The van der Waals surface area contributed by atoms with Gasteiger partial charge in [-0.25, -0.2) is 23.4 Å². The standard InChI is InChI=1S/C26H28F2N8O3/c27-20-5-1-6-21(25(20)28)30-24(38)15-36-14-23(33-34-36)32-26-29-13-17-7-8-19(12-22(17)31-26)39-11-3-10-35-9-2-4-18(35)16-37/h1,5-8,12-14,18,37H,2-4,9-11,15-16H2,(H,30,38)(H,29,31,32)/t18-/m1/s1. The molecule has 204 valence electrons. The van der Waals surface area contributed by atoms with E-state index in [0.717, 1.165) is 43.8 Å². The Labute approximate surface area is 222 Å². The zero-order valence-electron chi connectivity index (χ0n) is 21.1. The van der Waals surface area contributed by atoms with Gasteiger partial charge in [-0.05, 0) is 50.1 Å². The fourth-order valence-corrected chi connectivity index (χ4v) is 4.49. The Morgan fingerprint density at radius 1 is 1.23 bits per heavy atom. The molecule has 2 aromatic carbocycles. The SMILES string of the molecule is O=C(Cn1cc(Nc2ncc3ccc(OCCCN4CCC[C@@H]4CO)cc3n2)nn1)Nc1cccc(F)c1F. The summed E-state index contributed by atoms with van der Waals surface area (Å²) < 4.78 is 34.3. The molecule has 1 saturated heterocycles. The van der Waals surface area contributed by atoms with Crippen LogP contribution >= 0.6 is 0 Å². The summed E-state index contributed by atoms with van der Waals surface area (Å²) in [4.78, 5) is 23.3. The molecule has 2 aromatic heterocycles. The van der Waals surface area contributed by atoms with Crippen LogP contribution in [-0.4, -0.2) is 73.2 Å². The summed E-state index contributed by atoms with van der Waals surface area (Å²) in [7, 11) is 0. The predicted molar refractivity (Wildman–Crippen MR) is 140 cm³/mol. The van der Waals surface area contributed by atoms with Crippen molar-refractivity contribution in [3.8, 4) is 5.75 Å². The molecule has 0 unspecified atom stereocenters. The minimum Gasteiger partial charge on any atom is -0.493 e. The molecule has 5 rings (SSSR count). The van der Waals surface area contributed by atoms with E-state index in [-0.39, 0.29) is 30.8 Å². The van der Waals surface area contributed by atoms with Crippen molar-refractivity contribution in [3.05, 3.63) is 60.4 Å². The van der Waals surface area contributed by atoms with Gasteiger partial charge >= 0.3 is 0 Å². The Hall–Kier alpha value is -4.23. The van der Waals surface area contributed by atoms with Gasteiger partial charge in [0.25, 0.3) is 0 Å². The Morgan fingerprint density at radius 3 is 3.00 bits per heavy atom. The number of halogens is 2. The van der Waals surface area contributed by atoms with Gasteiger partial charge in [0.2, 0.25) is 11.9 Å². The zero-order valence-corrected chi connectivity index (χ0v) is 21.1. The molecule has 0 bridgehead atoms. The molecular formula is C26H28F2N8O3. The average Bonchev–Trinajstić information content (AvgIpc) is 3.58. The lowest BCUT2D eigenvalue weighted by Gasteiger charge is -2.22. The van der Waals surface area contributed by atoms with Crippen LogP contribution in [0.3, 0.4) is 0 Å². The molecule has 3 heterocycles. The molecule has 1 atom stereocenters. The second-order valence-electron chi connectivity index (χ2n) is 9.21. The van der Waals surface area contributed by atoms with Crippen LogP contribution in [0.4, 0.5) is 26.2 Å². The quantitative estimate of drug-likeness (QED) is 0.247. The van der Waals surface area contributed by atoms with Crippen molar-refractivity contribution in [2.75, 3.05) is 36.9 Å². The molecule has 1 amide bonds. The monoisotopic (exact) mass is 538 g/mol. The van der Waals surface area contributed by atoms with Crippen LogP contribution in [0.5, 0.6) is 5.75 Å². The van der Waals surface area contributed by atoms with Crippen LogP contribution in [-0.2, 0) is 11.3 Å². The zero-order chi connectivity index (χ0) is 27.2. The largest absolute Gasteiger partial charge is 0.493 e. The maximum atomic E-state index is 13.8. The summed E-state index contributed by atoms with van der Waals surface area (Å²) in [6, 6.07) is 9.38. The van der Waals surface area contributed by atoms with E-state index in [0.29, 0.717) is 23.7 Å². The molecule has 0 saturated carbocycles. The lowest BCUT2D eigenvalue weighted by molar-refractivity contribution is -0.117. The number of nitrogens with one attached hydrogen (secondary N) is 2. The number of benzene rings is 2. The number of anilines is 3. The van der Waals surface area contributed by atoms with E-state index in [9.17, 15) is 18.7 Å². The number of aliphatic hydroxyl groups is 1. The smallest absolute Gasteiger partial charge is 0.246 e. The van der Waals surface area contributed by atoms with Gasteiger partial charge in [-0.2, -0.15) is 0 Å². The highest BCUT2D eigenvalue weighted by molar-refractivity contribution is 5.90. The fraction of sp³-hybridized carbons (Fsp3) is 0.346. The lowest BCUT2D eigenvalue weighted by atomic mass is 10.2. The number of hydrogen-bond donors (Lipinski definition) is 3. The molecule has 0 aliphatic carbocycles. The Bertz CT molecular complexity index is 1450. The van der Waals surface area contributed by atoms with E-state index in [1.807, 2.05) is 18.2 Å². The van der Waals surface area contributed by atoms with Gasteiger partial charge in [0.05, 0.1) is 30.6 Å². The molecule has 3 N–H and O–H groups in total. The molecular weight excluding hydrogens is 510 g/mol. The molecule has 0 spiro atoms. The number of nitrogens with zero attached hydrogens (tertiary/aromatic N) is 6. The van der Waals surface area contributed by atoms with E-state index >= 15 is 0 Å². The average molecular weight is 539 g/mol. The van der Waals surface area contributed by atoms with Crippen molar-refractivity contribution in [2.45, 2.75) is 31.8 Å². The maximum Gasteiger partial charge on any atom is 0.246 e. The van der Waals surface area contributed by atoms with E-state index in [1.54, 1.807) is 6.20 Å². The summed E-state index contributed by atoms with van der Waals surface area (Å²) in [6.07, 6.45) is 6.16. The number of rotatable bonds is 11. The second kappa shape index (κ2) is 12.1. The first-order chi connectivity index (χ1) is 19.0. The Balaban J connectivity index is 1.15. The summed E-state index contributed by atoms with van der Waals surface area (Å²) >= 11 is 0. The topological polar surface area (TPSA) is 130 Å². The van der Waals surface area contributed by atoms with Gasteiger partial charge in [-0.15, -0.1) is 5.10 Å². The first kappa shape index (κ1) is 26.4. The highest BCUT2D eigenvalue weighted by Gasteiger charge is 2.22. The van der Waals surface area contributed by atoms with E-state index < -0.39 is 17.5 Å². The van der Waals surface area contributed by atoms with Gasteiger partial charge in [-0.1, -0.05) is 11.3 Å². The minimum absolute atomic E-state index is 0.199. The van der Waals surface area contributed by atoms with Gasteiger partial charge in [0.15, 0.2) is 17.5 Å². The van der Waals surface area contributed by atoms with Crippen LogP contribution < -0.4 is 15.4 Å². The van der Waals surface area contributed by atoms with Crippen LogP contribution in [0, 0.1) is 11.6 Å². The van der Waals surface area contributed by atoms with Crippen molar-refractivity contribution in [2.24, 2.45) is 0 Å². The van der Waals surface area contributed by atoms with Crippen molar-refractivity contribution >= 4 is 34.3 Å². The van der Waals surface area contributed by atoms with Crippen LogP contribution in [0.15, 0.2) is 48.8 Å². The number of aromatic nitrogens is 5. The summed E-state index contributed by atoms with van der Waals surface area (Å²) in [6.45, 7) is 2.40. The molecule has 39 heavy (non-hydrogen) atoms. The first-order valence-corrected chi connectivity index (χ1v) is 12.6. The summed E-state index contributed by atoms with van der Waals surface area (Å²) in [5.41, 5.74) is 0.419. The third-order valence-corrected chi connectivity index (χ3v) is 6.43. The highest BCUT2D eigenvalue weighted by Crippen LogP contribution is 2.22. The van der Waals surface area contributed by atoms with Gasteiger partial charge < -0.3 is 20.5 Å². The van der Waals surface area contributed by atoms with Crippen molar-refractivity contribution in [3.63, 3.8) is 0 Å². The number of hydrogen-bond acceptors (Lipinski definition) is 9. The van der Waals surface area contributed by atoms with Crippen LogP contribution in [0.2, 0.25) is 0 Å². The molecule has 4 aromatic rings. The number of likely N-dealkylation sites (tertiary alicyclic amines) is 1. The minimum atomic E-state index is -1.13. The van der Waals surface area contributed by atoms with Gasteiger partial charge in [-0.3, -0.25) is 9.69 Å². The number of amides is 1. The third-order valence-electron chi connectivity index (χ3n) is 6.43. The Kier molecular flexibility index (Phi) is 8.18. The van der Waals surface area contributed by atoms with Crippen LogP contribution in [0.1, 0.15) is 19.3 Å². The van der Waals surface area contributed by atoms with Gasteiger partial charge in [0.1, 0.15) is 12.3 Å². The summed E-state index contributed by atoms with van der Waals surface area (Å²) in [5, 5.41) is 23.4. The number of ether oxygens (including phenoxy) is 1. The van der Waals surface area contributed by atoms with Crippen LogP contribution in [0.25, 0.3) is 10.9 Å². The van der Waals surface area contributed by atoms with Crippen molar-refractivity contribution < 1.29 is 23.4 Å². The normalized spacial score (nSPS) is 15.5. The lowest BCUT2D eigenvalue weighted by Crippen LogP contribution is -2.33. The van der Waals surface area contributed by atoms with Crippen molar-refractivity contribution in [1.82, 2.24) is 29.9 Å². The van der Waals surface area contributed by atoms with Gasteiger partial charge in [0, 0.05) is 30.2 Å². The molecule has 1 aliphatic rings. The molecule has 1 aliphatic heterocycles. The first-order valence-electron chi connectivity index (χ1n) is 12.6. The molecule has 11 nitrogen and oxygen atoms in total. The third kappa shape index (κ3) is 6.62. The molecule has 13 heteroatoms. The summed E-state index contributed by atoms with van der Waals surface area (Å²) in [5.74, 6) is -1.51. The highest BCUT2D eigenvalue weighted by atomic mass is 19.2. The van der Waals surface area contributed by atoms with E-state index in [1.165, 1.54) is 23.0 Å². The number of carbonyl (C=O) groups is 1. The number of fused-ring (bicyclic) bond motifs is 1. The van der Waals surface area contributed by atoms with Crippen molar-refractivity contribution in [1.29, 1.82) is 0 Å². The van der Waals surface area contributed by atoms with E-state index in [4.69, 9.17) is 4.74 Å². The fourth-order valence-electron chi connectivity index (χ4n) is 4.49. The van der Waals surface area contributed by atoms with E-state index in [2.05, 4.69) is 35.8 Å². The predicted octanol–water partition coefficient (Wildman–Crippen LogP) is 3.11. The maximum absolute atomic E-state index is 13.8. The molecule has 1 fully saturated rings. The number of aliphatic hydroxyl groups excluding tert-OH is 1. The second-order valence-corrected chi connectivity index (χ2v) is 9.21. The number of carbonyl (C=O) groups excluding carboxylic acids is 1.